The average Bonchev–Trinajstić information content (AvgIpc) is 2.63. The molecule has 0 saturated carbocycles. The molecule has 3 heteroatoms. The maximum absolute atomic E-state index is 4.55. The van der Waals surface area contributed by atoms with Crippen molar-refractivity contribution in [1.29, 1.82) is 0 Å². The van der Waals surface area contributed by atoms with E-state index in [1.807, 2.05) is 32.2 Å². The number of imidazole rings is 1. The highest BCUT2D eigenvalue weighted by Gasteiger charge is 2.06. The molecule has 0 saturated heterocycles. The van der Waals surface area contributed by atoms with Crippen molar-refractivity contribution in [2.24, 2.45) is 0 Å². The van der Waals surface area contributed by atoms with Crippen LogP contribution in [0, 0.1) is 6.92 Å². The van der Waals surface area contributed by atoms with Gasteiger partial charge in [-0.1, -0.05) is 30.3 Å². The Kier molecular flexibility index (Phi) is 2.83. The lowest BCUT2D eigenvalue weighted by Gasteiger charge is -1.94. The summed E-state index contributed by atoms with van der Waals surface area (Å²) in [7, 11) is 1.93. The van der Waals surface area contributed by atoms with Crippen LogP contribution in [0.25, 0.3) is 11.4 Å². The minimum absolute atomic E-state index is 0.801. The number of H-pyrrole nitrogens is 1. The number of benzene rings is 1. The van der Waals surface area contributed by atoms with Gasteiger partial charge in [-0.05, 0) is 14.0 Å². The summed E-state index contributed by atoms with van der Waals surface area (Å²) in [6.45, 7) is 2.85. The van der Waals surface area contributed by atoms with Crippen LogP contribution < -0.4 is 5.32 Å². The molecule has 0 fully saturated rings. The van der Waals surface area contributed by atoms with Gasteiger partial charge in [0.05, 0.1) is 5.69 Å². The topological polar surface area (TPSA) is 40.7 Å². The van der Waals surface area contributed by atoms with Gasteiger partial charge >= 0.3 is 0 Å². The van der Waals surface area contributed by atoms with E-state index in [9.17, 15) is 0 Å². The molecule has 78 valence electrons. The van der Waals surface area contributed by atoms with Gasteiger partial charge in [-0.3, -0.25) is 0 Å². The lowest BCUT2D eigenvalue weighted by Crippen LogP contribution is -2.06. The van der Waals surface area contributed by atoms with E-state index >= 15 is 0 Å². The van der Waals surface area contributed by atoms with Crippen LogP contribution in [0.1, 0.15) is 11.4 Å². The van der Waals surface area contributed by atoms with Gasteiger partial charge in [0.1, 0.15) is 5.82 Å². The standard InChI is InChI=1S/C12H15N3/c1-9-11(8-13-2)15-12(14-9)10-6-4-3-5-7-10/h3-7,13H,8H2,1-2H3,(H,14,15). The zero-order valence-electron chi connectivity index (χ0n) is 9.04. The second-order valence-electron chi connectivity index (χ2n) is 3.55. The first kappa shape index (κ1) is 9.93. The molecule has 0 amide bonds. The van der Waals surface area contributed by atoms with Gasteiger partial charge in [-0.25, -0.2) is 4.98 Å². The highest BCUT2D eigenvalue weighted by Crippen LogP contribution is 2.17. The molecule has 0 radical (unpaired) electrons. The zero-order chi connectivity index (χ0) is 10.7. The highest BCUT2D eigenvalue weighted by atomic mass is 15.0. The molecule has 0 aliphatic rings. The first-order valence-electron chi connectivity index (χ1n) is 5.07. The molecule has 0 unspecified atom stereocenters. The molecule has 0 aliphatic heterocycles. The van der Waals surface area contributed by atoms with E-state index in [2.05, 4.69) is 27.4 Å². The third kappa shape index (κ3) is 2.07. The van der Waals surface area contributed by atoms with Crippen LogP contribution in [0.3, 0.4) is 0 Å². The summed E-state index contributed by atoms with van der Waals surface area (Å²) in [6, 6.07) is 10.2. The van der Waals surface area contributed by atoms with Crippen LogP contribution >= 0.6 is 0 Å². The van der Waals surface area contributed by atoms with Gasteiger partial charge in [0.15, 0.2) is 0 Å². The molecule has 2 aromatic rings. The van der Waals surface area contributed by atoms with Crippen LogP contribution in [0.2, 0.25) is 0 Å². The number of aromatic amines is 1. The first-order valence-corrected chi connectivity index (χ1v) is 5.07. The number of rotatable bonds is 3. The molecular formula is C12H15N3. The van der Waals surface area contributed by atoms with E-state index in [1.165, 1.54) is 0 Å². The summed E-state index contributed by atoms with van der Waals surface area (Å²) in [5.74, 6) is 0.943. The van der Waals surface area contributed by atoms with Crippen molar-refractivity contribution >= 4 is 0 Å². The molecular weight excluding hydrogens is 186 g/mol. The second kappa shape index (κ2) is 4.28. The maximum Gasteiger partial charge on any atom is 0.137 e. The number of aromatic nitrogens is 2. The van der Waals surface area contributed by atoms with Crippen molar-refractivity contribution in [3.63, 3.8) is 0 Å². The number of hydrogen-bond donors (Lipinski definition) is 2. The Morgan fingerprint density at radius 3 is 2.67 bits per heavy atom. The van der Waals surface area contributed by atoms with Gasteiger partial charge < -0.3 is 10.3 Å². The van der Waals surface area contributed by atoms with Crippen LogP contribution in [0.4, 0.5) is 0 Å². The third-order valence-electron chi connectivity index (χ3n) is 2.38. The lowest BCUT2D eigenvalue weighted by molar-refractivity contribution is 0.791. The van der Waals surface area contributed by atoms with Gasteiger partial charge in [0.2, 0.25) is 0 Å². The van der Waals surface area contributed by atoms with Gasteiger partial charge in [-0.15, -0.1) is 0 Å². The van der Waals surface area contributed by atoms with E-state index in [-0.39, 0.29) is 0 Å². The predicted molar refractivity (Wildman–Crippen MR) is 61.5 cm³/mol. The summed E-state index contributed by atoms with van der Waals surface area (Å²) >= 11 is 0. The van der Waals surface area contributed by atoms with Crippen molar-refractivity contribution in [1.82, 2.24) is 15.3 Å². The minimum Gasteiger partial charge on any atom is -0.342 e. The Bertz CT molecular complexity index is 431. The SMILES string of the molecule is CNCc1nc(-c2ccccc2)[nH]c1C. The molecule has 1 aromatic heterocycles. The Balaban J connectivity index is 2.34. The number of nitrogens with zero attached hydrogens (tertiary/aromatic N) is 1. The molecule has 1 heterocycles. The quantitative estimate of drug-likeness (QED) is 0.798. The van der Waals surface area contributed by atoms with Crippen LogP contribution in [-0.4, -0.2) is 17.0 Å². The van der Waals surface area contributed by atoms with Crippen LogP contribution in [0.15, 0.2) is 30.3 Å². The summed E-state index contributed by atoms with van der Waals surface area (Å²) in [5.41, 5.74) is 3.34. The summed E-state index contributed by atoms with van der Waals surface area (Å²) in [5, 5.41) is 3.11. The second-order valence-corrected chi connectivity index (χ2v) is 3.55. The Morgan fingerprint density at radius 1 is 1.27 bits per heavy atom. The molecule has 2 rings (SSSR count). The lowest BCUT2D eigenvalue weighted by atomic mass is 10.2. The summed E-state index contributed by atoms with van der Waals surface area (Å²) in [4.78, 5) is 7.85. The fraction of sp³-hybridized carbons (Fsp3) is 0.250. The fourth-order valence-corrected chi connectivity index (χ4v) is 1.57. The third-order valence-corrected chi connectivity index (χ3v) is 2.38. The molecule has 2 N–H and O–H groups in total. The monoisotopic (exact) mass is 201 g/mol. The van der Waals surface area contributed by atoms with Crippen LogP contribution in [-0.2, 0) is 6.54 Å². The Hall–Kier alpha value is -1.61. The summed E-state index contributed by atoms with van der Waals surface area (Å²) < 4.78 is 0. The molecule has 0 atom stereocenters. The molecule has 0 bridgehead atoms. The normalized spacial score (nSPS) is 10.5. The van der Waals surface area contributed by atoms with E-state index in [0.29, 0.717) is 0 Å². The summed E-state index contributed by atoms with van der Waals surface area (Å²) in [6.07, 6.45) is 0. The molecule has 15 heavy (non-hydrogen) atoms. The Morgan fingerprint density at radius 2 is 2.00 bits per heavy atom. The molecule has 0 aliphatic carbocycles. The predicted octanol–water partition coefficient (Wildman–Crippen LogP) is 2.10. The van der Waals surface area contributed by atoms with E-state index < -0.39 is 0 Å². The Labute approximate surface area is 89.6 Å². The van der Waals surface area contributed by atoms with Crippen molar-refractivity contribution < 1.29 is 0 Å². The van der Waals surface area contributed by atoms with E-state index in [4.69, 9.17) is 0 Å². The van der Waals surface area contributed by atoms with Crippen molar-refractivity contribution in [2.75, 3.05) is 7.05 Å². The van der Waals surface area contributed by atoms with E-state index in [0.717, 1.165) is 29.3 Å². The average molecular weight is 201 g/mol. The molecule has 3 nitrogen and oxygen atoms in total. The van der Waals surface area contributed by atoms with E-state index in [1.54, 1.807) is 0 Å². The van der Waals surface area contributed by atoms with Gasteiger partial charge in [-0.2, -0.15) is 0 Å². The number of nitrogens with one attached hydrogen (secondary N) is 2. The minimum atomic E-state index is 0.801. The number of hydrogen-bond acceptors (Lipinski definition) is 2. The van der Waals surface area contributed by atoms with Crippen molar-refractivity contribution in [3.8, 4) is 11.4 Å². The fourth-order valence-electron chi connectivity index (χ4n) is 1.57. The largest absolute Gasteiger partial charge is 0.342 e. The highest BCUT2D eigenvalue weighted by molar-refractivity contribution is 5.55. The number of aryl methyl sites for hydroxylation is 1. The zero-order valence-corrected chi connectivity index (χ0v) is 9.04. The van der Waals surface area contributed by atoms with Gasteiger partial charge in [0, 0.05) is 17.8 Å². The first-order chi connectivity index (χ1) is 7.31. The van der Waals surface area contributed by atoms with Crippen molar-refractivity contribution in [3.05, 3.63) is 41.7 Å². The maximum atomic E-state index is 4.55. The van der Waals surface area contributed by atoms with Crippen LogP contribution in [0.5, 0.6) is 0 Å². The smallest absolute Gasteiger partial charge is 0.137 e. The van der Waals surface area contributed by atoms with Gasteiger partial charge in [0.25, 0.3) is 0 Å². The molecule has 1 aromatic carbocycles. The van der Waals surface area contributed by atoms with Crippen molar-refractivity contribution in [2.45, 2.75) is 13.5 Å². The molecule has 0 spiro atoms.